The van der Waals surface area contributed by atoms with Crippen molar-refractivity contribution in [2.24, 2.45) is 0 Å². The van der Waals surface area contributed by atoms with E-state index in [4.69, 9.17) is 0 Å². The summed E-state index contributed by atoms with van der Waals surface area (Å²) in [4.78, 5) is 23.6. The third-order valence-corrected chi connectivity index (χ3v) is 6.05. The van der Waals surface area contributed by atoms with Gasteiger partial charge in [0.2, 0.25) is 15.9 Å². The quantitative estimate of drug-likeness (QED) is 0.721. The summed E-state index contributed by atoms with van der Waals surface area (Å²) in [7, 11) is -3.20. The van der Waals surface area contributed by atoms with Gasteiger partial charge in [-0.15, -0.1) is 0 Å². The molecule has 136 valence electrons. The number of rotatable bonds is 5. The highest BCUT2D eigenvalue weighted by Crippen LogP contribution is 2.25. The third-order valence-electron chi connectivity index (χ3n) is 4.18. The highest BCUT2D eigenvalue weighted by Gasteiger charge is 2.28. The standard InChI is InChI=1S/C16H22N4O4S/c1-11(15(21)19-16(22)18-13-3-4-13)17-12-5-7-14(8-6-12)20-9-2-10-25(20,23)24/h5-8,11,13,17H,2-4,9-10H2,1H3,(H2,18,19,21,22). The predicted octanol–water partition coefficient (Wildman–Crippen LogP) is 1.02. The highest BCUT2D eigenvalue weighted by molar-refractivity contribution is 7.93. The maximum atomic E-state index is 12.0. The lowest BCUT2D eigenvalue weighted by atomic mass is 10.2. The summed E-state index contributed by atoms with van der Waals surface area (Å²) in [5.41, 5.74) is 1.29. The number of carbonyl (C=O) groups excluding carboxylic acids is 2. The number of nitrogens with one attached hydrogen (secondary N) is 3. The lowest BCUT2D eigenvalue weighted by Gasteiger charge is -2.18. The van der Waals surface area contributed by atoms with Crippen LogP contribution in [0.25, 0.3) is 0 Å². The number of sulfonamides is 1. The zero-order chi connectivity index (χ0) is 18.0. The van der Waals surface area contributed by atoms with Gasteiger partial charge in [-0.1, -0.05) is 0 Å². The van der Waals surface area contributed by atoms with E-state index in [-0.39, 0.29) is 11.8 Å². The molecule has 1 aliphatic heterocycles. The van der Waals surface area contributed by atoms with Crippen molar-refractivity contribution in [1.82, 2.24) is 10.6 Å². The lowest BCUT2D eigenvalue weighted by Crippen LogP contribution is -2.46. The van der Waals surface area contributed by atoms with E-state index in [0.29, 0.717) is 24.3 Å². The Morgan fingerprint density at radius 2 is 1.88 bits per heavy atom. The maximum Gasteiger partial charge on any atom is 0.321 e. The van der Waals surface area contributed by atoms with Crippen molar-refractivity contribution in [2.75, 3.05) is 21.9 Å². The molecule has 1 aromatic rings. The second kappa shape index (κ2) is 6.91. The molecule has 0 radical (unpaired) electrons. The Morgan fingerprint density at radius 1 is 1.20 bits per heavy atom. The fraction of sp³-hybridized carbons (Fsp3) is 0.500. The Morgan fingerprint density at radius 3 is 2.44 bits per heavy atom. The van der Waals surface area contributed by atoms with Crippen molar-refractivity contribution in [3.63, 3.8) is 0 Å². The number of urea groups is 1. The summed E-state index contributed by atoms with van der Waals surface area (Å²) in [6.07, 6.45) is 2.53. The van der Waals surface area contributed by atoms with E-state index in [0.717, 1.165) is 12.8 Å². The van der Waals surface area contributed by atoms with Gasteiger partial charge in [-0.3, -0.25) is 14.4 Å². The van der Waals surface area contributed by atoms with E-state index in [1.807, 2.05) is 0 Å². The van der Waals surface area contributed by atoms with E-state index < -0.39 is 28.0 Å². The van der Waals surface area contributed by atoms with Crippen LogP contribution < -0.4 is 20.3 Å². The first-order valence-corrected chi connectivity index (χ1v) is 9.94. The molecule has 8 nitrogen and oxygen atoms in total. The van der Waals surface area contributed by atoms with Gasteiger partial charge in [0.1, 0.15) is 6.04 Å². The Balaban J connectivity index is 1.55. The summed E-state index contributed by atoms with van der Waals surface area (Å²) in [6, 6.07) is 5.95. The molecule has 3 amide bonds. The Hall–Kier alpha value is -2.29. The molecule has 25 heavy (non-hydrogen) atoms. The van der Waals surface area contributed by atoms with Gasteiger partial charge in [0.25, 0.3) is 0 Å². The zero-order valence-electron chi connectivity index (χ0n) is 14.0. The van der Waals surface area contributed by atoms with Crippen LogP contribution in [0.1, 0.15) is 26.2 Å². The predicted molar refractivity (Wildman–Crippen MR) is 95.0 cm³/mol. The van der Waals surface area contributed by atoms with Crippen LogP contribution in [0.5, 0.6) is 0 Å². The number of carbonyl (C=O) groups is 2. The van der Waals surface area contributed by atoms with E-state index in [1.165, 1.54) is 4.31 Å². The minimum absolute atomic E-state index is 0.174. The molecular formula is C16H22N4O4S. The van der Waals surface area contributed by atoms with Crippen molar-refractivity contribution >= 4 is 33.3 Å². The first-order valence-electron chi connectivity index (χ1n) is 8.33. The molecule has 0 spiro atoms. The first kappa shape index (κ1) is 17.5. The van der Waals surface area contributed by atoms with Gasteiger partial charge in [-0.2, -0.15) is 0 Å². The molecule has 1 atom stereocenters. The van der Waals surface area contributed by atoms with Gasteiger partial charge in [0.15, 0.2) is 0 Å². The van der Waals surface area contributed by atoms with Crippen LogP contribution in [-0.2, 0) is 14.8 Å². The molecule has 1 saturated heterocycles. The minimum atomic E-state index is -3.20. The van der Waals surface area contributed by atoms with Crippen molar-refractivity contribution in [3.05, 3.63) is 24.3 Å². The molecule has 1 heterocycles. The number of nitrogens with zero attached hydrogens (tertiary/aromatic N) is 1. The van der Waals surface area contributed by atoms with E-state index in [9.17, 15) is 18.0 Å². The smallest absolute Gasteiger partial charge is 0.321 e. The fourth-order valence-electron chi connectivity index (χ4n) is 2.64. The summed E-state index contributed by atoms with van der Waals surface area (Å²) in [5.74, 6) is -0.253. The van der Waals surface area contributed by atoms with Gasteiger partial charge in [-0.05, 0) is 50.5 Å². The average molecular weight is 366 g/mol. The van der Waals surface area contributed by atoms with Crippen LogP contribution in [0.15, 0.2) is 24.3 Å². The normalized spacial score (nSPS) is 20.0. The molecule has 9 heteroatoms. The van der Waals surface area contributed by atoms with Gasteiger partial charge in [0, 0.05) is 18.3 Å². The Labute approximate surface area is 147 Å². The molecule has 0 bridgehead atoms. The van der Waals surface area contributed by atoms with Crippen LogP contribution in [0.2, 0.25) is 0 Å². The van der Waals surface area contributed by atoms with Crippen molar-refractivity contribution in [2.45, 2.75) is 38.3 Å². The highest BCUT2D eigenvalue weighted by atomic mass is 32.2. The monoisotopic (exact) mass is 366 g/mol. The van der Waals surface area contributed by atoms with Crippen molar-refractivity contribution in [3.8, 4) is 0 Å². The van der Waals surface area contributed by atoms with Crippen molar-refractivity contribution < 1.29 is 18.0 Å². The molecule has 3 rings (SSSR count). The number of hydrogen-bond donors (Lipinski definition) is 3. The topological polar surface area (TPSA) is 108 Å². The van der Waals surface area contributed by atoms with Gasteiger partial charge in [0.05, 0.1) is 11.4 Å². The number of hydrogen-bond acceptors (Lipinski definition) is 5. The summed E-state index contributed by atoms with van der Waals surface area (Å²) < 4.78 is 25.2. The summed E-state index contributed by atoms with van der Waals surface area (Å²) in [5, 5.41) is 7.98. The van der Waals surface area contributed by atoms with Crippen LogP contribution in [0.3, 0.4) is 0 Å². The van der Waals surface area contributed by atoms with Gasteiger partial charge >= 0.3 is 6.03 Å². The lowest BCUT2D eigenvalue weighted by molar-refractivity contribution is -0.120. The van der Waals surface area contributed by atoms with Crippen LogP contribution in [0, 0.1) is 0 Å². The number of anilines is 2. The Kier molecular flexibility index (Phi) is 4.85. The molecule has 0 aromatic heterocycles. The second-order valence-electron chi connectivity index (χ2n) is 6.39. The SMILES string of the molecule is CC(Nc1ccc(N2CCCS2(=O)=O)cc1)C(=O)NC(=O)NC1CC1. The first-order chi connectivity index (χ1) is 11.8. The van der Waals surface area contributed by atoms with Crippen LogP contribution in [0.4, 0.5) is 16.2 Å². The summed E-state index contributed by atoms with van der Waals surface area (Å²) >= 11 is 0. The van der Waals surface area contributed by atoms with Gasteiger partial charge in [-0.25, -0.2) is 13.2 Å². The molecule has 1 saturated carbocycles. The van der Waals surface area contributed by atoms with E-state index >= 15 is 0 Å². The van der Waals surface area contributed by atoms with E-state index in [2.05, 4.69) is 16.0 Å². The zero-order valence-corrected chi connectivity index (χ0v) is 14.8. The molecule has 1 aromatic carbocycles. The molecule has 2 aliphatic rings. The van der Waals surface area contributed by atoms with E-state index in [1.54, 1.807) is 31.2 Å². The molecule has 2 fully saturated rings. The third kappa shape index (κ3) is 4.41. The minimum Gasteiger partial charge on any atom is -0.374 e. The molecule has 1 aliphatic carbocycles. The number of benzene rings is 1. The largest absolute Gasteiger partial charge is 0.374 e. The Bertz CT molecular complexity index is 759. The summed E-state index contributed by atoms with van der Waals surface area (Å²) in [6.45, 7) is 2.14. The van der Waals surface area contributed by atoms with Gasteiger partial charge < -0.3 is 10.6 Å². The number of imide groups is 1. The molecule has 1 unspecified atom stereocenters. The van der Waals surface area contributed by atoms with Crippen LogP contribution in [-0.4, -0.2) is 44.7 Å². The molecular weight excluding hydrogens is 344 g/mol. The number of amides is 3. The molecule has 3 N–H and O–H groups in total. The second-order valence-corrected chi connectivity index (χ2v) is 8.40. The van der Waals surface area contributed by atoms with Crippen molar-refractivity contribution in [1.29, 1.82) is 0 Å². The maximum absolute atomic E-state index is 12.0. The fourth-order valence-corrected chi connectivity index (χ4v) is 4.20. The van der Waals surface area contributed by atoms with Crippen LogP contribution >= 0.6 is 0 Å². The average Bonchev–Trinajstić information content (AvgIpc) is 3.29.